The van der Waals surface area contributed by atoms with Crippen LogP contribution in [0, 0.1) is 17.2 Å². The van der Waals surface area contributed by atoms with Crippen molar-refractivity contribution in [2.24, 2.45) is 22.4 Å². The zero-order chi connectivity index (χ0) is 32.9. The summed E-state index contributed by atoms with van der Waals surface area (Å²) in [7, 11) is 1.50. The summed E-state index contributed by atoms with van der Waals surface area (Å²) < 4.78 is 43.6. The zero-order valence-corrected chi connectivity index (χ0v) is 26.1. The Morgan fingerprint density at radius 2 is 1.98 bits per heavy atom. The Bertz CT molecular complexity index is 1230. The van der Waals surface area contributed by atoms with E-state index >= 15 is 4.39 Å². The minimum absolute atomic E-state index is 0.177. The summed E-state index contributed by atoms with van der Waals surface area (Å²) >= 11 is 0. The number of carbonyl (C=O) groups is 1. The monoisotopic (exact) mass is 601 g/mol. The molecule has 0 atom stereocenters. The fourth-order valence-corrected chi connectivity index (χ4v) is 3.86. The largest absolute Gasteiger partial charge is 0.390 e. The van der Waals surface area contributed by atoms with Crippen LogP contribution in [0.1, 0.15) is 47.5 Å². The lowest BCUT2D eigenvalue weighted by Gasteiger charge is -2.30. The number of hydrogen-bond donors (Lipinski definition) is 4. The molecule has 0 saturated heterocycles. The number of halogens is 3. The number of dihydropyridines is 1. The molecule has 43 heavy (non-hydrogen) atoms. The van der Waals surface area contributed by atoms with Crippen molar-refractivity contribution in [2.75, 3.05) is 26.7 Å². The van der Waals surface area contributed by atoms with Gasteiger partial charge in [-0.2, -0.15) is 5.26 Å². The Labute approximate surface area is 254 Å². The summed E-state index contributed by atoms with van der Waals surface area (Å²) in [6.07, 6.45) is 9.76. The first kappa shape index (κ1) is 38.7. The number of nitrogens with zero attached hydrogens (tertiary/aromatic N) is 3. The number of primary amides is 1. The van der Waals surface area contributed by atoms with Crippen LogP contribution in [-0.2, 0) is 4.79 Å². The van der Waals surface area contributed by atoms with Gasteiger partial charge in [-0.15, -0.1) is 0 Å². The first-order valence-electron chi connectivity index (χ1n) is 13.9. The molecule has 2 aliphatic rings. The minimum Gasteiger partial charge on any atom is -0.390 e. The molecule has 0 spiro atoms. The molecule has 0 radical (unpaired) electrons. The predicted octanol–water partition coefficient (Wildman–Crippen LogP) is 5.65. The molecule has 8 nitrogen and oxygen atoms in total. The highest BCUT2D eigenvalue weighted by Gasteiger charge is 2.24. The van der Waals surface area contributed by atoms with Crippen molar-refractivity contribution in [1.29, 1.82) is 5.26 Å². The molecule has 2 heterocycles. The number of nitriles is 1. The van der Waals surface area contributed by atoms with Crippen LogP contribution in [0.3, 0.4) is 0 Å². The van der Waals surface area contributed by atoms with Crippen LogP contribution in [0.5, 0.6) is 0 Å². The Kier molecular flexibility index (Phi) is 19.3. The summed E-state index contributed by atoms with van der Waals surface area (Å²) in [5.41, 5.74) is 11.1. The fourth-order valence-electron chi connectivity index (χ4n) is 3.86. The first-order chi connectivity index (χ1) is 20.5. The van der Waals surface area contributed by atoms with Gasteiger partial charge in [0.15, 0.2) is 0 Å². The second-order valence-electron chi connectivity index (χ2n) is 9.72. The van der Waals surface area contributed by atoms with E-state index in [-0.39, 0.29) is 17.6 Å². The third-order valence-electron chi connectivity index (χ3n) is 5.89. The highest BCUT2D eigenvalue weighted by atomic mass is 19.3. The number of allylic oxidation sites excluding steroid dienone is 8. The second kappa shape index (κ2) is 21.4. The van der Waals surface area contributed by atoms with Gasteiger partial charge in [0.2, 0.25) is 6.41 Å². The average molecular weight is 602 g/mol. The molecule has 0 bridgehead atoms. The fraction of sp³-hybridized carbons (Fsp3) is 0.406. The summed E-state index contributed by atoms with van der Waals surface area (Å²) in [5, 5.41) is 15.1. The molecule has 1 amide bonds. The van der Waals surface area contributed by atoms with Crippen molar-refractivity contribution in [1.82, 2.24) is 15.5 Å². The predicted molar refractivity (Wildman–Crippen MR) is 170 cm³/mol. The summed E-state index contributed by atoms with van der Waals surface area (Å²) in [6.45, 7) is 14.9. The van der Waals surface area contributed by atoms with E-state index in [0.717, 1.165) is 5.57 Å². The SMILES string of the molecule is C=C1C=C(C(F)F)C(C(=C\NCC(C)C)/C=C(C2=CCCN(C(C)=N/C=C(\C)C#N)C2)\C(F)=C/CC)=CN1.CN.NC=O. The molecule has 0 aromatic carbocycles. The third-order valence-corrected chi connectivity index (χ3v) is 5.89. The molecular weight excluding hydrogens is 555 g/mol. The van der Waals surface area contributed by atoms with Gasteiger partial charge in [0, 0.05) is 66.2 Å². The highest BCUT2D eigenvalue weighted by molar-refractivity contribution is 5.81. The van der Waals surface area contributed by atoms with Crippen LogP contribution in [0.15, 0.2) is 99.4 Å². The molecule has 0 aromatic rings. The molecule has 0 saturated carbocycles. The maximum absolute atomic E-state index is 15.6. The van der Waals surface area contributed by atoms with Gasteiger partial charge in [-0.05, 0) is 69.0 Å². The van der Waals surface area contributed by atoms with Gasteiger partial charge in [0.25, 0.3) is 6.43 Å². The number of aliphatic imine (C=N–C) groups is 1. The van der Waals surface area contributed by atoms with E-state index in [1.807, 2.05) is 44.7 Å². The molecule has 6 N–H and O–H groups in total. The van der Waals surface area contributed by atoms with E-state index in [1.54, 1.807) is 19.2 Å². The van der Waals surface area contributed by atoms with Crippen LogP contribution in [0.4, 0.5) is 13.2 Å². The van der Waals surface area contributed by atoms with E-state index in [2.05, 4.69) is 33.7 Å². The average Bonchev–Trinajstić information content (AvgIpc) is 2.98. The Morgan fingerprint density at radius 1 is 1.33 bits per heavy atom. The number of alkyl halides is 2. The molecule has 11 heteroatoms. The van der Waals surface area contributed by atoms with Crippen LogP contribution in [0.2, 0.25) is 0 Å². The van der Waals surface area contributed by atoms with Crippen molar-refractivity contribution in [3.05, 3.63) is 94.4 Å². The number of carbonyl (C=O) groups excluding carboxylic acids is 1. The first-order valence-corrected chi connectivity index (χ1v) is 13.9. The zero-order valence-electron chi connectivity index (χ0n) is 26.1. The lowest BCUT2D eigenvalue weighted by atomic mass is 9.91. The van der Waals surface area contributed by atoms with Crippen molar-refractivity contribution in [3.8, 4) is 6.07 Å². The maximum Gasteiger partial charge on any atom is 0.264 e. The Hall–Kier alpha value is -4.30. The normalized spacial score (nSPS) is 16.5. The lowest BCUT2D eigenvalue weighted by Crippen LogP contribution is -2.34. The van der Waals surface area contributed by atoms with Crippen LogP contribution in [0.25, 0.3) is 0 Å². The number of nitrogens with two attached hydrogens (primary N) is 2. The third kappa shape index (κ3) is 13.9. The molecule has 0 unspecified atom stereocenters. The van der Waals surface area contributed by atoms with Crippen molar-refractivity contribution in [2.45, 2.75) is 53.9 Å². The Balaban J connectivity index is 0.00000331. The van der Waals surface area contributed by atoms with Crippen molar-refractivity contribution in [3.63, 3.8) is 0 Å². The summed E-state index contributed by atoms with van der Waals surface area (Å²) in [6, 6.07) is 2.04. The number of rotatable bonds is 10. The van der Waals surface area contributed by atoms with Crippen molar-refractivity contribution >= 4 is 12.2 Å². The van der Waals surface area contributed by atoms with E-state index in [1.165, 1.54) is 31.6 Å². The van der Waals surface area contributed by atoms with Crippen LogP contribution >= 0.6 is 0 Å². The number of amidine groups is 1. The van der Waals surface area contributed by atoms with Gasteiger partial charge < -0.3 is 27.0 Å². The Morgan fingerprint density at radius 3 is 2.53 bits per heavy atom. The van der Waals surface area contributed by atoms with Crippen LogP contribution in [-0.4, -0.2) is 50.3 Å². The van der Waals surface area contributed by atoms with Gasteiger partial charge in [-0.1, -0.05) is 33.4 Å². The molecule has 0 aromatic heterocycles. The van der Waals surface area contributed by atoms with E-state index < -0.39 is 12.3 Å². The molecule has 236 valence electrons. The number of nitrogens with one attached hydrogen (secondary N) is 2. The van der Waals surface area contributed by atoms with E-state index in [9.17, 15) is 8.78 Å². The van der Waals surface area contributed by atoms with Crippen LogP contribution < -0.4 is 22.1 Å². The maximum atomic E-state index is 15.6. The molecule has 0 fully saturated rings. The van der Waals surface area contributed by atoms with E-state index in [4.69, 9.17) is 10.1 Å². The highest BCUT2D eigenvalue weighted by Crippen LogP contribution is 2.33. The quantitative estimate of drug-likeness (QED) is 0.0841. The van der Waals surface area contributed by atoms with Gasteiger partial charge in [-0.25, -0.2) is 18.2 Å². The molecule has 2 aliphatic heterocycles. The topological polar surface area (TPSA) is 133 Å². The lowest BCUT2D eigenvalue weighted by molar-refractivity contribution is -0.106. The van der Waals surface area contributed by atoms with E-state index in [0.29, 0.717) is 66.6 Å². The standard InChI is InChI=1S/C30H38F3N5.CH3NO.CH5N/c1-7-9-29(31)26(24-10-8-11-38(19-24)23(6)37-16-21(4)14-34)13-25(17-35-15-20(2)3)28-18-36-22(5)12-27(28)30(32)33;2-1-3;1-2/h9-10,12-13,16-18,20,30,35-36H,5,7-8,11,15,19H2,1-4,6H3;1H,(H2,2,3);2H2,1H3/b21-16+,25-17-,26-13-,29-9+,37-23?;;. The molecule has 2 rings (SSSR count). The smallest absolute Gasteiger partial charge is 0.264 e. The van der Waals surface area contributed by atoms with Gasteiger partial charge >= 0.3 is 0 Å². The number of hydrogen-bond acceptors (Lipinski definition) is 6. The van der Waals surface area contributed by atoms with Crippen molar-refractivity contribution < 1.29 is 18.0 Å². The second-order valence-corrected chi connectivity index (χ2v) is 9.72. The summed E-state index contributed by atoms with van der Waals surface area (Å²) in [4.78, 5) is 15.0. The molecule has 0 aliphatic carbocycles. The van der Waals surface area contributed by atoms with Gasteiger partial charge in [0.05, 0.1) is 6.07 Å². The molecular formula is C32H46F3N7O. The number of amides is 1. The van der Waals surface area contributed by atoms with Gasteiger partial charge in [0.1, 0.15) is 11.7 Å². The van der Waals surface area contributed by atoms with Gasteiger partial charge in [-0.3, -0.25) is 4.79 Å². The minimum atomic E-state index is -2.73. The summed E-state index contributed by atoms with van der Waals surface area (Å²) in [5.74, 6) is 0.618.